The third kappa shape index (κ3) is 2.04. The summed E-state index contributed by atoms with van der Waals surface area (Å²) in [6.45, 7) is 14.4. The zero-order chi connectivity index (χ0) is 21.0. The highest BCUT2D eigenvalue weighted by molar-refractivity contribution is 5.91. The lowest BCUT2D eigenvalue weighted by atomic mass is 9.40. The number of hydrogen-bond acceptors (Lipinski definition) is 5. The molecule has 5 heteroatoms. The van der Waals surface area contributed by atoms with E-state index in [0.717, 1.165) is 11.1 Å². The van der Waals surface area contributed by atoms with Crippen LogP contribution in [0.1, 0.15) is 61.3 Å². The van der Waals surface area contributed by atoms with Gasteiger partial charge < -0.3 is 20.1 Å². The second-order valence-corrected chi connectivity index (χ2v) is 11.1. The summed E-state index contributed by atoms with van der Waals surface area (Å²) in [5.74, 6) is -0.948. The molecule has 3 aliphatic carbocycles. The minimum atomic E-state index is -1.18. The van der Waals surface area contributed by atoms with Gasteiger partial charge in [0.05, 0.1) is 35.9 Å². The number of aliphatic hydroxyl groups is 3. The number of fused-ring (bicyclic) bond motifs is 5. The van der Waals surface area contributed by atoms with Gasteiger partial charge in [0.15, 0.2) is 0 Å². The van der Waals surface area contributed by atoms with E-state index in [4.69, 9.17) is 4.74 Å². The molecule has 0 aromatic heterocycles. The second-order valence-electron chi connectivity index (χ2n) is 11.1. The van der Waals surface area contributed by atoms with Crippen LogP contribution in [0.3, 0.4) is 0 Å². The van der Waals surface area contributed by atoms with E-state index in [0.29, 0.717) is 13.0 Å². The first kappa shape index (κ1) is 20.5. The first-order valence-corrected chi connectivity index (χ1v) is 10.7. The van der Waals surface area contributed by atoms with Crippen molar-refractivity contribution in [1.29, 1.82) is 0 Å². The van der Waals surface area contributed by atoms with Crippen molar-refractivity contribution >= 4 is 5.78 Å². The van der Waals surface area contributed by atoms with Crippen LogP contribution in [-0.4, -0.2) is 51.6 Å². The molecule has 3 N–H and O–H groups in total. The van der Waals surface area contributed by atoms with Crippen molar-refractivity contribution < 1.29 is 24.9 Å². The molecule has 0 amide bonds. The highest BCUT2D eigenvalue weighted by Gasteiger charge is 2.72. The van der Waals surface area contributed by atoms with Crippen LogP contribution < -0.4 is 0 Å². The molecule has 0 aromatic carbocycles. The number of hydrogen-bond donors (Lipinski definition) is 3. The molecule has 9 atom stereocenters. The van der Waals surface area contributed by atoms with Crippen molar-refractivity contribution in [2.75, 3.05) is 6.61 Å². The van der Waals surface area contributed by atoms with E-state index in [1.807, 2.05) is 41.5 Å². The number of rotatable bonds is 0. The Morgan fingerprint density at radius 2 is 1.71 bits per heavy atom. The van der Waals surface area contributed by atoms with Crippen LogP contribution in [0.15, 0.2) is 11.1 Å². The minimum Gasteiger partial charge on any atom is -0.392 e. The van der Waals surface area contributed by atoms with Crippen LogP contribution >= 0.6 is 0 Å². The van der Waals surface area contributed by atoms with Crippen LogP contribution in [-0.2, 0) is 9.53 Å². The fourth-order valence-electron chi connectivity index (χ4n) is 7.96. The van der Waals surface area contributed by atoms with E-state index in [1.165, 1.54) is 0 Å². The van der Waals surface area contributed by atoms with E-state index in [1.54, 1.807) is 0 Å². The molecule has 2 unspecified atom stereocenters. The van der Waals surface area contributed by atoms with Gasteiger partial charge in [-0.15, -0.1) is 0 Å². The summed E-state index contributed by atoms with van der Waals surface area (Å²) >= 11 is 0. The molecule has 2 bridgehead atoms. The molecule has 1 aliphatic heterocycles. The smallest absolute Gasteiger partial charge is 0.148 e. The molecule has 28 heavy (non-hydrogen) atoms. The van der Waals surface area contributed by atoms with Gasteiger partial charge in [0, 0.05) is 29.6 Å². The van der Waals surface area contributed by atoms with Gasteiger partial charge in [-0.2, -0.15) is 0 Å². The first-order chi connectivity index (χ1) is 12.7. The van der Waals surface area contributed by atoms with Crippen LogP contribution in [0.25, 0.3) is 0 Å². The number of carbonyl (C=O) groups excluding carboxylic acids is 1. The lowest BCUT2D eigenvalue weighted by Crippen LogP contribution is -2.74. The molecule has 1 heterocycles. The van der Waals surface area contributed by atoms with Crippen molar-refractivity contribution in [3.8, 4) is 0 Å². The summed E-state index contributed by atoms with van der Waals surface area (Å²) in [5.41, 5.74) is -1.41. The largest absolute Gasteiger partial charge is 0.392 e. The van der Waals surface area contributed by atoms with Gasteiger partial charge in [-0.25, -0.2) is 0 Å². The predicted molar refractivity (Wildman–Crippen MR) is 105 cm³/mol. The Bertz CT molecular complexity index is 756. The van der Waals surface area contributed by atoms with E-state index < -0.39 is 34.6 Å². The van der Waals surface area contributed by atoms with Crippen molar-refractivity contribution in [2.45, 2.75) is 85.2 Å². The minimum absolute atomic E-state index is 0.0296. The Hall–Kier alpha value is -0.750. The Morgan fingerprint density at radius 1 is 1.11 bits per heavy atom. The normalized spacial score (nSPS) is 55.6. The summed E-state index contributed by atoms with van der Waals surface area (Å²) in [5, 5.41) is 34.1. The van der Waals surface area contributed by atoms with Crippen molar-refractivity contribution in [1.82, 2.24) is 0 Å². The molecule has 158 valence electrons. The summed E-state index contributed by atoms with van der Waals surface area (Å²) in [6.07, 6.45) is -0.948. The highest BCUT2D eigenvalue weighted by atomic mass is 16.5. The molecule has 4 aliphatic rings. The maximum atomic E-state index is 14.0. The highest BCUT2D eigenvalue weighted by Crippen LogP contribution is 2.67. The molecule has 4 rings (SSSR count). The SMILES string of the molecule is CC1=C2[C@@H](C)C(=O)[C@@]3(C)C(C(C)[C@](O)(C[C@@H]1O)C2(C)C)[C@]1(C)CO[C@@H]1C[C@@H]3O. The van der Waals surface area contributed by atoms with Gasteiger partial charge in [-0.05, 0) is 36.8 Å². The number of ether oxygens (including phenoxy) is 1. The topological polar surface area (TPSA) is 87.0 Å². The molecule has 0 radical (unpaired) electrons. The molecule has 2 saturated carbocycles. The summed E-state index contributed by atoms with van der Waals surface area (Å²) in [4.78, 5) is 14.0. The average molecular weight is 393 g/mol. The van der Waals surface area contributed by atoms with Crippen LogP contribution in [0, 0.1) is 34.0 Å². The quantitative estimate of drug-likeness (QED) is 0.551. The maximum Gasteiger partial charge on any atom is 0.148 e. The average Bonchev–Trinajstić information content (AvgIpc) is 2.60. The monoisotopic (exact) mass is 392 g/mol. The third-order valence-corrected chi connectivity index (χ3v) is 9.61. The zero-order valence-corrected chi connectivity index (χ0v) is 18.2. The van der Waals surface area contributed by atoms with E-state index >= 15 is 0 Å². The Kier molecular flexibility index (Phi) is 4.17. The number of Topliss-reactive ketones (excluding diaryl/α,β-unsaturated/α-hetero) is 1. The standard InChI is InChI=1S/C23H36O5/c1-11-14(24)9-23(27)13(3)18-21(6)10-28-16(21)8-15(25)22(18,7)19(26)12(2)17(11)20(23,4)5/h12-16,18,24-25,27H,8-10H2,1-7H3/t12-,13?,14+,15+,16-,18?,21-,22-,23-/m1/s1. The van der Waals surface area contributed by atoms with Gasteiger partial charge in [0.25, 0.3) is 0 Å². The fraction of sp³-hybridized carbons (Fsp3) is 0.870. The zero-order valence-electron chi connectivity index (χ0n) is 18.2. The van der Waals surface area contributed by atoms with Crippen LogP contribution in [0.5, 0.6) is 0 Å². The van der Waals surface area contributed by atoms with Gasteiger partial charge in [0.1, 0.15) is 5.78 Å². The third-order valence-electron chi connectivity index (χ3n) is 9.61. The van der Waals surface area contributed by atoms with E-state index in [9.17, 15) is 20.1 Å². The number of ketones is 1. The molecule has 5 nitrogen and oxygen atoms in total. The maximum absolute atomic E-state index is 14.0. The first-order valence-electron chi connectivity index (χ1n) is 10.7. The molecule has 0 aromatic rings. The second kappa shape index (κ2) is 5.69. The lowest BCUT2D eigenvalue weighted by molar-refractivity contribution is -0.301. The summed E-state index contributed by atoms with van der Waals surface area (Å²) in [7, 11) is 0. The molecular weight excluding hydrogens is 356 g/mol. The summed E-state index contributed by atoms with van der Waals surface area (Å²) < 4.78 is 5.80. The van der Waals surface area contributed by atoms with Gasteiger partial charge in [0.2, 0.25) is 0 Å². The van der Waals surface area contributed by atoms with Crippen LogP contribution in [0.4, 0.5) is 0 Å². The Labute approximate surface area is 168 Å². The Morgan fingerprint density at radius 3 is 2.25 bits per heavy atom. The van der Waals surface area contributed by atoms with Crippen molar-refractivity contribution in [3.63, 3.8) is 0 Å². The van der Waals surface area contributed by atoms with Crippen molar-refractivity contribution in [2.24, 2.45) is 34.0 Å². The van der Waals surface area contributed by atoms with Crippen LogP contribution in [0.2, 0.25) is 0 Å². The fourth-order valence-corrected chi connectivity index (χ4v) is 7.96. The molecular formula is C23H36O5. The van der Waals surface area contributed by atoms with Gasteiger partial charge >= 0.3 is 0 Å². The summed E-state index contributed by atoms with van der Waals surface area (Å²) in [6, 6.07) is 0. The number of aliphatic hydroxyl groups excluding tert-OH is 2. The van der Waals surface area contributed by atoms with E-state index in [-0.39, 0.29) is 35.6 Å². The predicted octanol–water partition coefficient (Wildman–Crippen LogP) is 2.47. The number of carbonyl (C=O) groups is 1. The van der Waals surface area contributed by atoms with Gasteiger partial charge in [-0.1, -0.05) is 34.6 Å². The molecule has 3 fully saturated rings. The van der Waals surface area contributed by atoms with E-state index in [2.05, 4.69) is 6.92 Å². The molecule has 1 saturated heterocycles. The Balaban J connectivity index is 2.01. The van der Waals surface area contributed by atoms with Crippen molar-refractivity contribution in [3.05, 3.63) is 11.1 Å². The molecule has 0 spiro atoms. The van der Waals surface area contributed by atoms with Gasteiger partial charge in [-0.3, -0.25) is 4.79 Å². The lowest BCUT2D eigenvalue weighted by Gasteiger charge is -2.68.